The van der Waals surface area contributed by atoms with Crippen LogP contribution < -0.4 is 16.4 Å². The molecule has 0 unspecified atom stereocenters. The van der Waals surface area contributed by atoms with Gasteiger partial charge in [0, 0.05) is 25.1 Å². The van der Waals surface area contributed by atoms with Gasteiger partial charge in [-0.3, -0.25) is 9.89 Å². The van der Waals surface area contributed by atoms with Gasteiger partial charge in [0.1, 0.15) is 12.2 Å². The van der Waals surface area contributed by atoms with Gasteiger partial charge in [-0.1, -0.05) is 0 Å². The molecule has 106 valence electrons. The molecule has 0 bridgehead atoms. The minimum absolute atomic E-state index is 0.106. The molecule has 0 fully saturated rings. The van der Waals surface area contributed by atoms with E-state index in [1.54, 1.807) is 18.2 Å². The summed E-state index contributed by atoms with van der Waals surface area (Å²) >= 11 is 0. The molecule has 1 aromatic carbocycles. The number of nitrogens with one attached hydrogen (secondary N) is 3. The van der Waals surface area contributed by atoms with E-state index in [9.17, 15) is 4.79 Å². The van der Waals surface area contributed by atoms with Crippen LogP contribution in [0.3, 0.4) is 0 Å². The van der Waals surface area contributed by atoms with Crippen LogP contribution in [0.2, 0.25) is 0 Å². The Labute approximate surface area is 117 Å². The average molecular weight is 274 g/mol. The van der Waals surface area contributed by atoms with E-state index in [-0.39, 0.29) is 5.91 Å². The minimum atomic E-state index is -0.106. The lowest BCUT2D eigenvalue weighted by Gasteiger charge is -2.10. The Morgan fingerprint density at radius 2 is 2.30 bits per heavy atom. The first kappa shape index (κ1) is 13.9. The molecule has 2 aromatic rings. The Balaban J connectivity index is 1.99. The largest absolute Gasteiger partial charge is 0.397 e. The number of aromatic amines is 1. The Morgan fingerprint density at radius 3 is 3.00 bits per heavy atom. The van der Waals surface area contributed by atoms with Crippen LogP contribution in [0.15, 0.2) is 24.5 Å². The molecule has 0 spiro atoms. The topological polar surface area (TPSA) is 109 Å². The van der Waals surface area contributed by atoms with Gasteiger partial charge in [0.05, 0.1) is 11.4 Å². The predicted octanol–water partition coefficient (Wildman–Crippen LogP) is 0.791. The van der Waals surface area contributed by atoms with Crippen molar-refractivity contribution in [2.45, 2.75) is 13.3 Å². The van der Waals surface area contributed by atoms with Crippen molar-refractivity contribution in [3.63, 3.8) is 0 Å². The van der Waals surface area contributed by atoms with E-state index in [1.165, 1.54) is 6.33 Å². The second-order valence-corrected chi connectivity index (χ2v) is 4.27. The number of nitrogens with two attached hydrogens (primary N) is 1. The summed E-state index contributed by atoms with van der Waals surface area (Å²) in [5, 5.41) is 12.5. The summed E-state index contributed by atoms with van der Waals surface area (Å²) in [6, 6.07) is 5.18. The van der Waals surface area contributed by atoms with Gasteiger partial charge in [0.15, 0.2) is 0 Å². The Bertz CT molecular complexity index is 566. The molecule has 1 aromatic heterocycles. The second kappa shape index (κ2) is 6.55. The molecular weight excluding hydrogens is 256 g/mol. The number of rotatable bonds is 6. The fourth-order valence-electron chi connectivity index (χ4n) is 1.78. The van der Waals surface area contributed by atoms with Gasteiger partial charge in [-0.05, 0) is 25.1 Å². The van der Waals surface area contributed by atoms with Gasteiger partial charge in [0.25, 0.3) is 5.91 Å². The van der Waals surface area contributed by atoms with E-state index >= 15 is 0 Å². The highest BCUT2D eigenvalue weighted by atomic mass is 16.1. The molecule has 7 nitrogen and oxygen atoms in total. The van der Waals surface area contributed by atoms with Crippen LogP contribution in [0.1, 0.15) is 23.1 Å². The number of aromatic nitrogens is 3. The zero-order chi connectivity index (χ0) is 14.4. The molecule has 2 rings (SSSR count). The summed E-state index contributed by atoms with van der Waals surface area (Å²) < 4.78 is 0. The summed E-state index contributed by atoms with van der Waals surface area (Å²) in [6.45, 7) is 3.13. The van der Waals surface area contributed by atoms with E-state index in [0.717, 1.165) is 11.5 Å². The second-order valence-electron chi connectivity index (χ2n) is 4.27. The monoisotopic (exact) mass is 274 g/mol. The zero-order valence-corrected chi connectivity index (χ0v) is 11.3. The van der Waals surface area contributed by atoms with Crippen LogP contribution in [0.5, 0.6) is 0 Å². The SMILES string of the molecule is CCNC(=O)c1ccc(N)c(NCCc2ncn[nH]2)c1. The number of H-pyrrole nitrogens is 1. The highest BCUT2D eigenvalue weighted by molar-refractivity contribution is 5.96. The molecule has 0 saturated heterocycles. The molecular formula is C13H18N6O. The van der Waals surface area contributed by atoms with Gasteiger partial charge in [0.2, 0.25) is 0 Å². The lowest BCUT2D eigenvalue weighted by molar-refractivity contribution is 0.0956. The Hall–Kier alpha value is -2.57. The van der Waals surface area contributed by atoms with Crippen molar-refractivity contribution in [3.8, 4) is 0 Å². The molecule has 0 aliphatic heterocycles. The summed E-state index contributed by atoms with van der Waals surface area (Å²) in [5.74, 6) is 0.696. The highest BCUT2D eigenvalue weighted by Crippen LogP contribution is 2.20. The van der Waals surface area contributed by atoms with Gasteiger partial charge >= 0.3 is 0 Å². The fourth-order valence-corrected chi connectivity index (χ4v) is 1.78. The molecule has 0 aliphatic carbocycles. The van der Waals surface area contributed by atoms with Crippen molar-refractivity contribution in [2.75, 3.05) is 24.1 Å². The first-order chi connectivity index (χ1) is 9.70. The lowest BCUT2D eigenvalue weighted by atomic mass is 10.1. The van der Waals surface area contributed by atoms with Crippen molar-refractivity contribution in [3.05, 3.63) is 35.9 Å². The number of nitrogens with zero attached hydrogens (tertiary/aromatic N) is 2. The molecule has 7 heteroatoms. The molecule has 0 radical (unpaired) electrons. The van der Waals surface area contributed by atoms with Crippen LogP contribution in [-0.2, 0) is 6.42 Å². The van der Waals surface area contributed by atoms with Crippen molar-refractivity contribution >= 4 is 17.3 Å². The van der Waals surface area contributed by atoms with Gasteiger partial charge in [-0.2, -0.15) is 5.10 Å². The smallest absolute Gasteiger partial charge is 0.251 e. The van der Waals surface area contributed by atoms with E-state index in [2.05, 4.69) is 25.8 Å². The van der Waals surface area contributed by atoms with E-state index < -0.39 is 0 Å². The minimum Gasteiger partial charge on any atom is -0.397 e. The molecule has 0 saturated carbocycles. The molecule has 5 N–H and O–H groups in total. The van der Waals surface area contributed by atoms with Crippen molar-refractivity contribution in [2.24, 2.45) is 0 Å². The number of anilines is 2. The molecule has 1 heterocycles. The molecule has 0 aliphatic rings. The van der Waals surface area contributed by atoms with E-state index in [1.807, 2.05) is 6.92 Å². The van der Waals surface area contributed by atoms with Crippen molar-refractivity contribution < 1.29 is 4.79 Å². The first-order valence-corrected chi connectivity index (χ1v) is 6.46. The van der Waals surface area contributed by atoms with Crippen LogP contribution in [-0.4, -0.2) is 34.2 Å². The number of hydrogen-bond acceptors (Lipinski definition) is 5. The highest BCUT2D eigenvalue weighted by Gasteiger charge is 2.07. The standard InChI is InChI=1S/C13H18N6O/c1-2-15-13(20)9-3-4-10(14)11(7-9)16-6-5-12-17-8-18-19-12/h3-4,7-8,16H,2,5-6,14H2,1H3,(H,15,20)(H,17,18,19). The normalized spacial score (nSPS) is 10.2. The number of carbonyl (C=O) groups excluding carboxylic acids is 1. The molecule has 20 heavy (non-hydrogen) atoms. The summed E-state index contributed by atoms with van der Waals surface area (Å²) in [6.07, 6.45) is 2.17. The Kier molecular flexibility index (Phi) is 4.54. The average Bonchev–Trinajstić information content (AvgIpc) is 2.94. The third kappa shape index (κ3) is 3.47. The van der Waals surface area contributed by atoms with Crippen LogP contribution in [0, 0.1) is 0 Å². The number of hydrogen-bond donors (Lipinski definition) is 4. The Morgan fingerprint density at radius 1 is 1.45 bits per heavy atom. The third-order valence-electron chi connectivity index (χ3n) is 2.79. The number of amides is 1. The number of nitrogen functional groups attached to an aromatic ring is 1. The van der Waals surface area contributed by atoms with Crippen LogP contribution in [0.25, 0.3) is 0 Å². The quantitative estimate of drug-likeness (QED) is 0.582. The summed E-state index contributed by atoms with van der Waals surface area (Å²) in [4.78, 5) is 15.8. The van der Waals surface area contributed by atoms with E-state index in [4.69, 9.17) is 5.73 Å². The maximum absolute atomic E-state index is 11.8. The molecule has 1 amide bonds. The number of benzene rings is 1. The lowest BCUT2D eigenvalue weighted by Crippen LogP contribution is -2.22. The van der Waals surface area contributed by atoms with Crippen molar-refractivity contribution in [1.82, 2.24) is 20.5 Å². The maximum Gasteiger partial charge on any atom is 0.251 e. The predicted molar refractivity (Wildman–Crippen MR) is 77.4 cm³/mol. The van der Waals surface area contributed by atoms with Gasteiger partial charge in [-0.15, -0.1) is 0 Å². The summed E-state index contributed by atoms with van der Waals surface area (Å²) in [5.41, 5.74) is 7.83. The van der Waals surface area contributed by atoms with Crippen LogP contribution in [0.4, 0.5) is 11.4 Å². The van der Waals surface area contributed by atoms with Crippen LogP contribution >= 0.6 is 0 Å². The van der Waals surface area contributed by atoms with E-state index in [0.29, 0.717) is 30.8 Å². The van der Waals surface area contributed by atoms with Gasteiger partial charge in [-0.25, -0.2) is 4.98 Å². The van der Waals surface area contributed by atoms with Gasteiger partial charge < -0.3 is 16.4 Å². The van der Waals surface area contributed by atoms with Crippen molar-refractivity contribution in [1.29, 1.82) is 0 Å². The zero-order valence-electron chi connectivity index (χ0n) is 11.3. The third-order valence-corrected chi connectivity index (χ3v) is 2.79. The molecule has 0 atom stereocenters. The summed E-state index contributed by atoms with van der Waals surface area (Å²) in [7, 11) is 0. The first-order valence-electron chi connectivity index (χ1n) is 6.46. The number of carbonyl (C=O) groups is 1. The fraction of sp³-hybridized carbons (Fsp3) is 0.308. The maximum atomic E-state index is 11.8.